The van der Waals surface area contributed by atoms with Crippen molar-refractivity contribution in [3.63, 3.8) is 0 Å². The predicted octanol–water partition coefficient (Wildman–Crippen LogP) is -2.14. The molecule has 0 fully saturated rings. The highest BCUT2D eigenvalue weighted by atomic mass is 127. The third kappa shape index (κ3) is 1.53. The van der Waals surface area contributed by atoms with Crippen molar-refractivity contribution in [2.45, 2.75) is 19.8 Å². The topological polar surface area (TPSA) is 55.4 Å². The fourth-order valence-corrected chi connectivity index (χ4v) is 1.41. The highest BCUT2D eigenvalue weighted by molar-refractivity contribution is 5.14. The average Bonchev–Trinajstić information content (AvgIpc) is 2.34. The lowest BCUT2D eigenvalue weighted by Gasteiger charge is -2.14. The van der Waals surface area contributed by atoms with Gasteiger partial charge >= 0.3 is 0 Å². The maximum Gasteiger partial charge on any atom is 0.120 e. The molecule has 1 aliphatic carbocycles. The normalized spacial score (nSPS) is 27.5. The molecule has 0 saturated carbocycles. The van der Waals surface area contributed by atoms with E-state index in [0.29, 0.717) is 5.92 Å². The molecule has 2 rings (SSSR count). The van der Waals surface area contributed by atoms with E-state index in [0.717, 1.165) is 12.1 Å². The van der Waals surface area contributed by atoms with Gasteiger partial charge in [0.2, 0.25) is 0 Å². The Labute approximate surface area is 82.5 Å². The minimum atomic E-state index is 0. The van der Waals surface area contributed by atoms with Crippen LogP contribution in [0.4, 0.5) is 0 Å². The molecule has 4 nitrogen and oxygen atoms in total. The average molecular weight is 265 g/mol. The lowest BCUT2D eigenvalue weighted by molar-refractivity contribution is -0.566. The smallest absolute Gasteiger partial charge is 0.120 e. The molecule has 11 heavy (non-hydrogen) atoms. The van der Waals surface area contributed by atoms with Crippen LogP contribution in [0.2, 0.25) is 0 Å². The predicted molar refractivity (Wildman–Crippen MR) is 35.6 cm³/mol. The van der Waals surface area contributed by atoms with E-state index in [-0.39, 0.29) is 24.0 Å². The van der Waals surface area contributed by atoms with Crippen molar-refractivity contribution in [1.82, 2.24) is 0 Å². The largest absolute Gasteiger partial charge is 1.00 e. The fourth-order valence-electron chi connectivity index (χ4n) is 1.41. The van der Waals surface area contributed by atoms with Crippen LogP contribution in [0, 0.1) is 5.92 Å². The number of hydrogen-bond donors (Lipinski definition) is 1. The summed E-state index contributed by atoms with van der Waals surface area (Å²) < 4.78 is 0. The second kappa shape index (κ2) is 3.48. The number of nitrogens with two attached hydrogens (primary N) is 1. The van der Waals surface area contributed by atoms with Gasteiger partial charge < -0.3 is 29.1 Å². The molecule has 0 aromatic rings. The minimum absolute atomic E-state index is 0. The number of hydrogen-bond acceptors (Lipinski definition) is 2. The summed E-state index contributed by atoms with van der Waals surface area (Å²) in [4.78, 5) is 0. The number of allylic oxidation sites excluding steroid dienone is 2. The molecule has 0 amide bonds. The molecule has 0 spiro atoms. The van der Waals surface area contributed by atoms with Crippen molar-refractivity contribution in [3.05, 3.63) is 16.9 Å². The molecule has 2 aliphatic rings. The SMILES string of the molecule is CC1CCC2=C1[NH2+][N-]N=N2.[I-]. The first kappa shape index (κ1) is 8.92. The van der Waals surface area contributed by atoms with E-state index in [1.165, 1.54) is 12.1 Å². The lowest BCUT2D eigenvalue weighted by Crippen LogP contribution is -3.00. The van der Waals surface area contributed by atoms with Gasteiger partial charge in [0.15, 0.2) is 0 Å². The first-order chi connectivity index (χ1) is 4.88. The Kier molecular flexibility index (Phi) is 2.83. The van der Waals surface area contributed by atoms with E-state index in [2.05, 4.69) is 22.8 Å². The summed E-state index contributed by atoms with van der Waals surface area (Å²) in [6.07, 6.45) is 2.28. The Morgan fingerprint density at radius 1 is 1.64 bits per heavy atom. The quantitative estimate of drug-likeness (QED) is 0.384. The van der Waals surface area contributed by atoms with Gasteiger partial charge in [0.1, 0.15) is 5.70 Å². The molecular weight excluding hydrogens is 255 g/mol. The van der Waals surface area contributed by atoms with Crippen LogP contribution in [0.15, 0.2) is 21.7 Å². The summed E-state index contributed by atoms with van der Waals surface area (Å²) >= 11 is 0. The van der Waals surface area contributed by atoms with Gasteiger partial charge in [-0.15, -0.1) is 0 Å². The number of nitrogens with zero attached hydrogens (tertiary/aromatic N) is 3. The van der Waals surface area contributed by atoms with E-state index >= 15 is 0 Å². The molecule has 1 heterocycles. The van der Waals surface area contributed by atoms with Crippen LogP contribution >= 0.6 is 0 Å². The van der Waals surface area contributed by atoms with Crippen molar-refractivity contribution in [2.24, 2.45) is 16.3 Å². The van der Waals surface area contributed by atoms with Crippen LogP contribution in [0.1, 0.15) is 19.8 Å². The summed E-state index contributed by atoms with van der Waals surface area (Å²) in [5.41, 5.74) is 8.01. The van der Waals surface area contributed by atoms with Crippen molar-refractivity contribution in [3.8, 4) is 0 Å². The zero-order chi connectivity index (χ0) is 6.97. The Bertz CT molecular complexity index is 211. The Morgan fingerprint density at radius 3 is 3.18 bits per heavy atom. The summed E-state index contributed by atoms with van der Waals surface area (Å²) in [6, 6.07) is 0. The molecule has 0 saturated heterocycles. The van der Waals surface area contributed by atoms with Crippen LogP contribution in [0.25, 0.3) is 5.53 Å². The van der Waals surface area contributed by atoms with Crippen LogP contribution in [-0.2, 0) is 0 Å². The number of quaternary nitrogens is 1. The maximum atomic E-state index is 3.95. The van der Waals surface area contributed by atoms with Gasteiger partial charge in [-0.2, -0.15) is 5.53 Å². The van der Waals surface area contributed by atoms with E-state index in [1.807, 2.05) is 5.43 Å². The van der Waals surface area contributed by atoms with Gasteiger partial charge in [-0.05, 0) is 12.8 Å². The summed E-state index contributed by atoms with van der Waals surface area (Å²) in [5.74, 6) is 0.637. The first-order valence-electron chi connectivity index (χ1n) is 3.55. The van der Waals surface area contributed by atoms with Crippen LogP contribution in [-0.4, -0.2) is 0 Å². The highest BCUT2D eigenvalue weighted by Crippen LogP contribution is 2.29. The minimum Gasteiger partial charge on any atom is -1.00 e. The molecule has 1 unspecified atom stereocenters. The van der Waals surface area contributed by atoms with Crippen molar-refractivity contribution >= 4 is 0 Å². The molecule has 1 aliphatic heterocycles. The van der Waals surface area contributed by atoms with E-state index in [4.69, 9.17) is 0 Å². The molecule has 62 valence electrons. The maximum absolute atomic E-state index is 3.95. The van der Waals surface area contributed by atoms with Gasteiger partial charge in [0, 0.05) is 11.6 Å². The molecule has 5 heteroatoms. The third-order valence-electron chi connectivity index (χ3n) is 2.09. The molecule has 0 radical (unpaired) electrons. The summed E-state index contributed by atoms with van der Waals surface area (Å²) in [6.45, 7) is 2.20. The van der Waals surface area contributed by atoms with Gasteiger partial charge in [-0.1, -0.05) is 6.92 Å². The molecule has 1 atom stereocenters. The van der Waals surface area contributed by atoms with Gasteiger partial charge in [0.25, 0.3) is 0 Å². The van der Waals surface area contributed by atoms with E-state index in [9.17, 15) is 0 Å². The Morgan fingerprint density at radius 2 is 2.45 bits per heavy atom. The molecule has 0 aromatic carbocycles. The van der Waals surface area contributed by atoms with Gasteiger partial charge in [-0.25, -0.2) is 5.22 Å². The Hall–Kier alpha value is -0.170. The summed E-state index contributed by atoms with van der Waals surface area (Å²) in [5, 5.41) is 7.54. The van der Waals surface area contributed by atoms with Gasteiger partial charge in [0.05, 0.1) is 0 Å². The summed E-state index contributed by atoms with van der Waals surface area (Å²) in [7, 11) is 0. The number of halogens is 1. The monoisotopic (exact) mass is 265 g/mol. The van der Waals surface area contributed by atoms with Gasteiger partial charge in [-0.3, -0.25) is 5.43 Å². The number of rotatable bonds is 0. The highest BCUT2D eigenvalue weighted by Gasteiger charge is 2.23. The van der Waals surface area contributed by atoms with E-state index in [1.54, 1.807) is 0 Å². The van der Waals surface area contributed by atoms with Crippen molar-refractivity contribution in [2.75, 3.05) is 0 Å². The molecule has 0 bridgehead atoms. The zero-order valence-corrected chi connectivity index (χ0v) is 8.45. The zero-order valence-electron chi connectivity index (χ0n) is 6.29. The molecule has 0 aromatic heterocycles. The van der Waals surface area contributed by atoms with Crippen LogP contribution in [0.5, 0.6) is 0 Å². The van der Waals surface area contributed by atoms with E-state index < -0.39 is 0 Å². The second-order valence-electron chi connectivity index (χ2n) is 2.78. The Balaban J connectivity index is 0.000000605. The molecular formula is C6H10IN4-. The second-order valence-corrected chi connectivity index (χ2v) is 2.78. The molecule has 2 N–H and O–H groups in total. The van der Waals surface area contributed by atoms with Crippen molar-refractivity contribution < 1.29 is 29.4 Å². The van der Waals surface area contributed by atoms with Crippen LogP contribution < -0.4 is 29.4 Å². The first-order valence-corrected chi connectivity index (χ1v) is 3.55. The van der Waals surface area contributed by atoms with Crippen LogP contribution in [0.3, 0.4) is 0 Å². The lowest BCUT2D eigenvalue weighted by atomic mass is 10.1. The standard InChI is InChI=1S/C6H10N4.HI/c1-4-2-3-5-6(4)8-10-9-7-5;/h4H,2-3,8H2,1H3;1H/p-1. The van der Waals surface area contributed by atoms with Crippen molar-refractivity contribution in [1.29, 1.82) is 0 Å². The third-order valence-corrected chi connectivity index (χ3v) is 2.09. The fraction of sp³-hybridized carbons (Fsp3) is 0.667.